The van der Waals surface area contributed by atoms with Gasteiger partial charge in [-0.2, -0.15) is 0 Å². The maximum Gasteiger partial charge on any atom is 0.293 e. The topological polar surface area (TPSA) is 92.5 Å². The average molecular weight is 300 g/mol. The minimum Gasteiger partial charge on any atom is -0.392 e. The normalized spacial score (nSPS) is 11.7. The first-order valence-electron chi connectivity index (χ1n) is 6.79. The van der Waals surface area contributed by atoms with E-state index >= 15 is 0 Å². The second-order valence-electron chi connectivity index (χ2n) is 4.91. The molecule has 6 heteroatoms. The zero-order valence-corrected chi connectivity index (χ0v) is 12.0. The zero-order valence-electron chi connectivity index (χ0n) is 12.0. The first-order chi connectivity index (χ1) is 10.5. The summed E-state index contributed by atoms with van der Waals surface area (Å²) in [4.78, 5) is 22.9. The number of carbonyl (C=O) groups excluding carboxylic acids is 1. The third-order valence-electron chi connectivity index (χ3n) is 3.08. The van der Waals surface area contributed by atoms with Gasteiger partial charge in [-0.15, -0.1) is 0 Å². The minimum atomic E-state index is -0.634. The molecule has 6 nitrogen and oxygen atoms in total. The summed E-state index contributed by atoms with van der Waals surface area (Å²) in [5, 5.41) is 23.2. The van der Waals surface area contributed by atoms with Gasteiger partial charge in [0.05, 0.1) is 11.0 Å². The van der Waals surface area contributed by atoms with Crippen molar-refractivity contribution in [3.8, 4) is 0 Å². The van der Waals surface area contributed by atoms with Crippen LogP contribution in [-0.4, -0.2) is 28.5 Å². The fourth-order valence-electron chi connectivity index (χ4n) is 1.99. The molecule has 1 atom stereocenters. The molecule has 0 aliphatic carbocycles. The molecule has 0 aromatic heterocycles. The molecule has 0 aliphatic rings. The van der Waals surface area contributed by atoms with Gasteiger partial charge in [-0.1, -0.05) is 30.3 Å². The lowest BCUT2D eigenvalue weighted by Crippen LogP contribution is -2.16. The van der Waals surface area contributed by atoms with Gasteiger partial charge in [0.15, 0.2) is 5.78 Å². The predicted octanol–water partition coefficient (Wildman–Crippen LogP) is 2.62. The SMILES string of the molecule is C[C@H](O)CNc1ccc(C(=O)c2ccccc2)cc1[N+](=O)[O-]. The van der Waals surface area contributed by atoms with Crippen molar-refractivity contribution < 1.29 is 14.8 Å². The fraction of sp³-hybridized carbons (Fsp3) is 0.188. The van der Waals surface area contributed by atoms with Gasteiger partial charge in [0.2, 0.25) is 0 Å². The fourth-order valence-corrected chi connectivity index (χ4v) is 1.99. The van der Waals surface area contributed by atoms with Crippen LogP contribution in [-0.2, 0) is 0 Å². The highest BCUT2D eigenvalue weighted by Crippen LogP contribution is 2.26. The van der Waals surface area contributed by atoms with Crippen molar-refractivity contribution in [2.24, 2.45) is 0 Å². The molecule has 2 aromatic rings. The number of ketones is 1. The lowest BCUT2D eigenvalue weighted by Gasteiger charge is -2.10. The Kier molecular flexibility index (Phi) is 4.85. The number of nitrogens with one attached hydrogen (secondary N) is 1. The van der Waals surface area contributed by atoms with E-state index in [0.29, 0.717) is 5.56 Å². The van der Waals surface area contributed by atoms with Crippen LogP contribution in [0.4, 0.5) is 11.4 Å². The summed E-state index contributed by atoms with van der Waals surface area (Å²) in [5.41, 5.74) is 0.805. The number of aliphatic hydroxyl groups excluding tert-OH is 1. The van der Waals surface area contributed by atoms with Crippen LogP contribution < -0.4 is 5.32 Å². The molecule has 114 valence electrons. The number of anilines is 1. The van der Waals surface area contributed by atoms with E-state index in [0.717, 1.165) is 0 Å². The molecule has 2 N–H and O–H groups in total. The lowest BCUT2D eigenvalue weighted by molar-refractivity contribution is -0.384. The van der Waals surface area contributed by atoms with Crippen LogP contribution in [0, 0.1) is 10.1 Å². The second kappa shape index (κ2) is 6.82. The van der Waals surface area contributed by atoms with E-state index in [2.05, 4.69) is 5.32 Å². The van der Waals surface area contributed by atoms with E-state index in [-0.39, 0.29) is 29.3 Å². The Hall–Kier alpha value is -2.73. The number of nitrogens with zero attached hydrogens (tertiary/aromatic N) is 1. The molecule has 0 heterocycles. The summed E-state index contributed by atoms with van der Waals surface area (Å²) in [6, 6.07) is 12.9. The second-order valence-corrected chi connectivity index (χ2v) is 4.91. The summed E-state index contributed by atoms with van der Waals surface area (Å²) in [6.45, 7) is 1.76. The Labute approximate surface area is 127 Å². The number of nitro groups is 1. The van der Waals surface area contributed by atoms with Crippen molar-refractivity contribution in [3.05, 3.63) is 69.8 Å². The molecular formula is C16H16N2O4. The monoisotopic (exact) mass is 300 g/mol. The van der Waals surface area contributed by atoms with Crippen LogP contribution in [0.25, 0.3) is 0 Å². The van der Waals surface area contributed by atoms with E-state index in [1.54, 1.807) is 37.3 Å². The Bertz CT molecular complexity index is 684. The average Bonchev–Trinajstić information content (AvgIpc) is 2.52. The highest BCUT2D eigenvalue weighted by Gasteiger charge is 2.18. The Morgan fingerprint density at radius 2 is 1.91 bits per heavy atom. The third-order valence-corrected chi connectivity index (χ3v) is 3.08. The first kappa shape index (κ1) is 15.7. The number of nitro benzene ring substituents is 1. The van der Waals surface area contributed by atoms with E-state index < -0.39 is 11.0 Å². The van der Waals surface area contributed by atoms with Crippen LogP contribution >= 0.6 is 0 Å². The van der Waals surface area contributed by atoms with Gasteiger partial charge in [-0.3, -0.25) is 14.9 Å². The van der Waals surface area contributed by atoms with Crippen molar-refractivity contribution >= 4 is 17.2 Å². The van der Waals surface area contributed by atoms with Gasteiger partial charge in [0, 0.05) is 23.7 Å². The molecular weight excluding hydrogens is 284 g/mol. The maximum atomic E-state index is 12.3. The van der Waals surface area contributed by atoms with Crippen LogP contribution in [0.5, 0.6) is 0 Å². The summed E-state index contributed by atoms with van der Waals surface area (Å²) >= 11 is 0. The molecule has 0 bridgehead atoms. The molecule has 22 heavy (non-hydrogen) atoms. The van der Waals surface area contributed by atoms with Crippen LogP contribution in [0.15, 0.2) is 48.5 Å². The maximum absolute atomic E-state index is 12.3. The Morgan fingerprint density at radius 1 is 1.23 bits per heavy atom. The van der Waals surface area contributed by atoms with Crippen LogP contribution in [0.3, 0.4) is 0 Å². The van der Waals surface area contributed by atoms with E-state index in [9.17, 15) is 20.0 Å². The third kappa shape index (κ3) is 3.67. The molecule has 0 saturated heterocycles. The quantitative estimate of drug-likeness (QED) is 0.486. The molecule has 0 aliphatic heterocycles. The molecule has 2 rings (SSSR count). The molecule has 0 saturated carbocycles. The number of hydrogen-bond donors (Lipinski definition) is 2. The standard InChI is InChI=1S/C16H16N2O4/c1-11(19)10-17-14-8-7-13(9-15(14)18(21)22)16(20)12-5-3-2-4-6-12/h2-9,11,17,19H,10H2,1H3/t11-/m0/s1. The number of carbonyl (C=O) groups is 1. The number of aliphatic hydroxyl groups is 1. The van der Waals surface area contributed by atoms with Gasteiger partial charge >= 0.3 is 0 Å². The van der Waals surface area contributed by atoms with Gasteiger partial charge < -0.3 is 10.4 Å². The van der Waals surface area contributed by atoms with Gasteiger partial charge in [0.1, 0.15) is 5.69 Å². The van der Waals surface area contributed by atoms with E-state index in [4.69, 9.17) is 0 Å². The molecule has 0 radical (unpaired) electrons. The largest absolute Gasteiger partial charge is 0.392 e. The van der Waals surface area contributed by atoms with Crippen LogP contribution in [0.1, 0.15) is 22.8 Å². The molecule has 0 spiro atoms. The molecule has 0 fully saturated rings. The van der Waals surface area contributed by atoms with Gasteiger partial charge in [-0.05, 0) is 19.1 Å². The molecule has 0 unspecified atom stereocenters. The highest BCUT2D eigenvalue weighted by atomic mass is 16.6. The number of hydrogen-bond acceptors (Lipinski definition) is 5. The van der Waals surface area contributed by atoms with Crippen molar-refractivity contribution in [1.82, 2.24) is 0 Å². The van der Waals surface area contributed by atoms with E-state index in [1.165, 1.54) is 18.2 Å². The lowest BCUT2D eigenvalue weighted by atomic mass is 10.0. The molecule has 0 amide bonds. The summed E-state index contributed by atoms with van der Waals surface area (Å²) in [7, 11) is 0. The number of benzene rings is 2. The zero-order chi connectivity index (χ0) is 16.1. The van der Waals surface area contributed by atoms with Gasteiger partial charge in [-0.25, -0.2) is 0 Å². The minimum absolute atomic E-state index is 0.187. The summed E-state index contributed by atoms with van der Waals surface area (Å²) in [5.74, 6) is -0.272. The summed E-state index contributed by atoms with van der Waals surface area (Å²) in [6.07, 6.45) is -0.634. The van der Waals surface area contributed by atoms with E-state index in [1.807, 2.05) is 0 Å². The number of rotatable bonds is 6. The highest BCUT2D eigenvalue weighted by molar-refractivity contribution is 6.09. The predicted molar refractivity (Wildman–Crippen MR) is 83.1 cm³/mol. The van der Waals surface area contributed by atoms with Crippen LogP contribution in [0.2, 0.25) is 0 Å². The van der Waals surface area contributed by atoms with Crippen molar-refractivity contribution in [2.45, 2.75) is 13.0 Å². The Balaban J connectivity index is 2.33. The molecule has 2 aromatic carbocycles. The van der Waals surface area contributed by atoms with Crippen molar-refractivity contribution in [1.29, 1.82) is 0 Å². The van der Waals surface area contributed by atoms with Gasteiger partial charge in [0.25, 0.3) is 5.69 Å². The van der Waals surface area contributed by atoms with Crippen molar-refractivity contribution in [2.75, 3.05) is 11.9 Å². The summed E-state index contributed by atoms with van der Waals surface area (Å²) < 4.78 is 0. The Morgan fingerprint density at radius 3 is 2.50 bits per heavy atom. The van der Waals surface area contributed by atoms with Crippen molar-refractivity contribution in [3.63, 3.8) is 0 Å². The first-order valence-corrected chi connectivity index (χ1v) is 6.79. The smallest absolute Gasteiger partial charge is 0.293 e.